The molecule has 7 heteroatoms. The summed E-state index contributed by atoms with van der Waals surface area (Å²) in [5.74, 6) is 0.652. The van der Waals surface area contributed by atoms with Crippen molar-refractivity contribution in [2.45, 2.75) is 65.0 Å². The van der Waals surface area contributed by atoms with Crippen molar-refractivity contribution in [3.8, 4) is 0 Å². The van der Waals surface area contributed by atoms with Crippen LogP contribution in [0.3, 0.4) is 0 Å². The zero-order valence-electron chi connectivity index (χ0n) is 17.4. The molecule has 2 heterocycles. The first-order valence-electron chi connectivity index (χ1n) is 10.2. The molecule has 1 aromatic rings. The van der Waals surface area contributed by atoms with E-state index in [0.29, 0.717) is 19.0 Å². The van der Waals surface area contributed by atoms with Crippen LogP contribution in [-0.4, -0.2) is 47.2 Å². The molecule has 0 saturated carbocycles. The van der Waals surface area contributed by atoms with Gasteiger partial charge in [0, 0.05) is 38.6 Å². The van der Waals surface area contributed by atoms with Crippen molar-refractivity contribution in [2.24, 2.45) is 5.92 Å². The molecule has 1 aliphatic heterocycles. The van der Waals surface area contributed by atoms with Gasteiger partial charge in [-0.25, -0.2) is 9.59 Å². The van der Waals surface area contributed by atoms with Crippen LogP contribution in [0.1, 0.15) is 58.4 Å². The van der Waals surface area contributed by atoms with E-state index < -0.39 is 5.60 Å². The lowest BCUT2D eigenvalue weighted by Crippen LogP contribution is -2.41. The molecule has 2 N–H and O–H groups in total. The summed E-state index contributed by atoms with van der Waals surface area (Å²) < 4.78 is 5.43. The van der Waals surface area contributed by atoms with Crippen LogP contribution in [0.15, 0.2) is 24.5 Å². The van der Waals surface area contributed by atoms with Crippen LogP contribution >= 0.6 is 0 Å². The first-order valence-corrected chi connectivity index (χ1v) is 10.2. The van der Waals surface area contributed by atoms with Gasteiger partial charge in [-0.2, -0.15) is 0 Å². The molecular weight excluding hydrogens is 356 g/mol. The topological polar surface area (TPSA) is 83.6 Å². The van der Waals surface area contributed by atoms with Gasteiger partial charge in [-0.1, -0.05) is 12.8 Å². The Balaban J connectivity index is 1.50. The third-order valence-electron chi connectivity index (χ3n) is 4.79. The van der Waals surface area contributed by atoms with Crippen molar-refractivity contribution in [1.29, 1.82) is 0 Å². The number of unbranched alkanes of at least 4 members (excludes halogenated alkanes) is 1. The minimum absolute atomic E-state index is 0.137. The van der Waals surface area contributed by atoms with E-state index in [1.807, 2.05) is 37.8 Å². The van der Waals surface area contributed by atoms with Crippen LogP contribution < -0.4 is 10.6 Å². The van der Waals surface area contributed by atoms with Crippen LogP contribution in [0.2, 0.25) is 0 Å². The third kappa shape index (κ3) is 8.59. The smallest absolute Gasteiger partial charge is 0.410 e. The van der Waals surface area contributed by atoms with Gasteiger partial charge in [-0.15, -0.1) is 0 Å². The first-order chi connectivity index (χ1) is 13.3. The van der Waals surface area contributed by atoms with Crippen LogP contribution in [0.4, 0.5) is 9.59 Å². The third-order valence-corrected chi connectivity index (χ3v) is 4.79. The molecule has 1 aromatic heterocycles. The fraction of sp³-hybridized carbons (Fsp3) is 0.667. The highest BCUT2D eigenvalue weighted by atomic mass is 16.6. The summed E-state index contributed by atoms with van der Waals surface area (Å²) in [4.78, 5) is 29.6. The number of nitrogens with zero attached hydrogens (tertiary/aromatic N) is 2. The lowest BCUT2D eigenvalue weighted by atomic mass is 9.92. The van der Waals surface area contributed by atoms with Gasteiger partial charge in [-0.3, -0.25) is 4.98 Å². The summed E-state index contributed by atoms with van der Waals surface area (Å²) in [7, 11) is 0. The summed E-state index contributed by atoms with van der Waals surface area (Å²) in [5, 5.41) is 5.74. The number of nitrogens with one attached hydrogen (secondary N) is 2. The van der Waals surface area contributed by atoms with Crippen molar-refractivity contribution >= 4 is 12.1 Å². The molecule has 0 aliphatic carbocycles. The Morgan fingerprint density at radius 2 is 1.82 bits per heavy atom. The summed E-state index contributed by atoms with van der Waals surface area (Å²) >= 11 is 0. The molecule has 0 radical (unpaired) electrons. The van der Waals surface area contributed by atoms with Crippen LogP contribution in [0.5, 0.6) is 0 Å². The minimum atomic E-state index is -0.439. The Hall–Kier alpha value is -2.31. The molecule has 3 amide bonds. The molecule has 28 heavy (non-hydrogen) atoms. The van der Waals surface area contributed by atoms with E-state index in [2.05, 4.69) is 15.6 Å². The molecule has 1 fully saturated rings. The zero-order valence-corrected chi connectivity index (χ0v) is 17.4. The highest BCUT2D eigenvalue weighted by Gasteiger charge is 2.26. The maximum Gasteiger partial charge on any atom is 0.410 e. The van der Waals surface area contributed by atoms with E-state index in [4.69, 9.17) is 4.74 Å². The Kier molecular flexibility index (Phi) is 8.54. The second-order valence-electron chi connectivity index (χ2n) is 8.37. The highest BCUT2D eigenvalue weighted by Crippen LogP contribution is 2.23. The SMILES string of the molecule is CC(C)(C)OC(=O)N1CCC(CCCCNC(=O)NCc2ccncc2)CC1. The van der Waals surface area contributed by atoms with E-state index in [1.165, 1.54) is 0 Å². The molecule has 0 aromatic carbocycles. The number of likely N-dealkylation sites (tertiary alicyclic amines) is 1. The van der Waals surface area contributed by atoms with Gasteiger partial charge in [0.15, 0.2) is 0 Å². The van der Waals surface area contributed by atoms with Gasteiger partial charge in [0.2, 0.25) is 0 Å². The van der Waals surface area contributed by atoms with Gasteiger partial charge in [-0.05, 0) is 63.6 Å². The molecular formula is C21H34N4O3. The van der Waals surface area contributed by atoms with Gasteiger partial charge >= 0.3 is 12.1 Å². The summed E-state index contributed by atoms with van der Waals surface area (Å²) in [6, 6.07) is 3.63. The van der Waals surface area contributed by atoms with Gasteiger partial charge in [0.05, 0.1) is 0 Å². The zero-order chi connectivity index (χ0) is 20.4. The molecule has 0 spiro atoms. The number of rotatable bonds is 7. The largest absolute Gasteiger partial charge is 0.444 e. The van der Waals surface area contributed by atoms with Crippen LogP contribution in [0.25, 0.3) is 0 Å². The second kappa shape index (κ2) is 10.9. The number of aromatic nitrogens is 1. The van der Waals surface area contributed by atoms with E-state index in [1.54, 1.807) is 12.4 Å². The van der Waals surface area contributed by atoms with E-state index in [0.717, 1.165) is 50.8 Å². The maximum absolute atomic E-state index is 12.1. The summed E-state index contributed by atoms with van der Waals surface area (Å²) in [6.45, 7) is 8.41. The number of carbonyl (C=O) groups excluding carboxylic acids is 2. The van der Waals surface area contributed by atoms with Crippen molar-refractivity contribution in [3.05, 3.63) is 30.1 Å². The normalized spacial score (nSPS) is 15.2. The average Bonchev–Trinajstić information content (AvgIpc) is 2.66. The van der Waals surface area contributed by atoms with Gasteiger partial charge in [0.25, 0.3) is 0 Å². The summed E-state index contributed by atoms with van der Waals surface area (Å²) in [6.07, 6.45) is 8.48. The highest BCUT2D eigenvalue weighted by molar-refractivity contribution is 5.73. The number of amides is 3. The standard InChI is InChI=1S/C21H34N4O3/c1-21(2,3)28-20(27)25-14-9-17(10-15-25)6-4-5-11-23-19(26)24-16-18-7-12-22-13-8-18/h7-8,12-13,17H,4-6,9-11,14-16H2,1-3H3,(H2,23,24,26). The van der Waals surface area contributed by atoms with E-state index >= 15 is 0 Å². The molecule has 0 unspecified atom stereocenters. The Bertz CT molecular complexity index is 608. The van der Waals surface area contributed by atoms with Crippen LogP contribution in [-0.2, 0) is 11.3 Å². The lowest BCUT2D eigenvalue weighted by molar-refractivity contribution is 0.0180. The predicted molar refractivity (Wildman–Crippen MR) is 109 cm³/mol. The number of pyridine rings is 1. The Labute approximate surface area is 168 Å². The maximum atomic E-state index is 12.1. The second-order valence-corrected chi connectivity index (χ2v) is 8.37. The predicted octanol–water partition coefficient (Wildman–Crippen LogP) is 3.70. The average molecular weight is 391 g/mol. The number of hydrogen-bond acceptors (Lipinski definition) is 4. The van der Waals surface area contributed by atoms with Crippen molar-refractivity contribution < 1.29 is 14.3 Å². The molecule has 2 rings (SSSR count). The number of ether oxygens (including phenoxy) is 1. The van der Waals surface area contributed by atoms with E-state index in [9.17, 15) is 9.59 Å². The number of piperidine rings is 1. The lowest BCUT2D eigenvalue weighted by Gasteiger charge is -2.33. The molecule has 1 saturated heterocycles. The quantitative estimate of drug-likeness (QED) is 0.696. The monoisotopic (exact) mass is 390 g/mol. The van der Waals surface area contributed by atoms with Crippen molar-refractivity contribution in [2.75, 3.05) is 19.6 Å². The number of urea groups is 1. The number of carbonyl (C=O) groups is 2. The Morgan fingerprint density at radius 3 is 2.46 bits per heavy atom. The molecule has 1 aliphatic rings. The van der Waals surface area contributed by atoms with Crippen molar-refractivity contribution in [3.63, 3.8) is 0 Å². The van der Waals surface area contributed by atoms with Crippen LogP contribution in [0, 0.1) is 5.92 Å². The molecule has 156 valence electrons. The molecule has 0 atom stereocenters. The van der Waals surface area contributed by atoms with Crippen molar-refractivity contribution in [1.82, 2.24) is 20.5 Å². The first kappa shape index (κ1) is 22.0. The number of hydrogen-bond donors (Lipinski definition) is 2. The Morgan fingerprint density at radius 1 is 1.14 bits per heavy atom. The van der Waals surface area contributed by atoms with E-state index in [-0.39, 0.29) is 12.1 Å². The fourth-order valence-corrected chi connectivity index (χ4v) is 3.24. The summed E-state index contributed by atoms with van der Waals surface area (Å²) in [5.41, 5.74) is 0.591. The minimum Gasteiger partial charge on any atom is -0.444 e. The molecule has 0 bridgehead atoms. The van der Waals surface area contributed by atoms with Gasteiger partial charge in [0.1, 0.15) is 5.60 Å². The molecule has 7 nitrogen and oxygen atoms in total. The fourth-order valence-electron chi connectivity index (χ4n) is 3.24. The van der Waals surface area contributed by atoms with Gasteiger partial charge < -0.3 is 20.3 Å².